The fraction of sp³-hybridized carbons (Fsp3) is 0.618. The van der Waals surface area contributed by atoms with Gasteiger partial charge < -0.3 is 18.9 Å². The quantitative estimate of drug-likeness (QED) is 0.0211. The predicted molar refractivity (Wildman–Crippen MR) is 334 cm³/mol. The molecule has 2 unspecified atom stereocenters. The maximum atomic E-state index is 12.8. The van der Waals surface area contributed by atoms with Crippen molar-refractivity contribution in [2.75, 3.05) is 47.5 Å². The van der Waals surface area contributed by atoms with Crippen molar-refractivity contribution < 1.29 is 42.1 Å². The van der Waals surface area contributed by atoms with Crippen LogP contribution in [-0.2, 0) is 32.7 Å². The summed E-state index contributed by atoms with van der Waals surface area (Å²) in [6.45, 7) is 4.26. The summed E-state index contributed by atoms with van der Waals surface area (Å²) < 4.78 is 34.5. The van der Waals surface area contributed by atoms with Gasteiger partial charge in [0, 0.05) is 12.8 Å². The largest absolute Gasteiger partial charge is 0.472 e. The van der Waals surface area contributed by atoms with Gasteiger partial charge in [0.1, 0.15) is 19.8 Å². The molecule has 0 aromatic carbocycles. The zero-order chi connectivity index (χ0) is 57.0. The Kier molecular flexibility index (Phi) is 54.5. The van der Waals surface area contributed by atoms with Gasteiger partial charge in [-0.1, -0.05) is 230 Å². The first kappa shape index (κ1) is 73.9. The number of rotatable bonds is 54. The Hall–Kier alpha value is -4.11. The molecule has 0 saturated heterocycles. The molecule has 0 aromatic rings. The molecular formula is C68H113NO8P+. The number of hydrogen-bond acceptors (Lipinski definition) is 7. The zero-order valence-corrected chi connectivity index (χ0v) is 51.0. The minimum atomic E-state index is -4.40. The van der Waals surface area contributed by atoms with E-state index in [2.05, 4.69) is 160 Å². The molecule has 0 aliphatic rings. The number of hydrogen-bond donors (Lipinski definition) is 1. The van der Waals surface area contributed by atoms with Gasteiger partial charge in [0.25, 0.3) is 0 Å². The number of likely N-dealkylation sites (N-methyl/N-ethyl adjacent to an activating group) is 1. The number of ether oxygens (including phenoxy) is 2. The first-order valence-corrected chi connectivity index (χ1v) is 32.1. The summed E-state index contributed by atoms with van der Waals surface area (Å²) in [7, 11) is 1.44. The van der Waals surface area contributed by atoms with Gasteiger partial charge in [0.2, 0.25) is 0 Å². The lowest BCUT2D eigenvalue weighted by atomic mass is 10.1. The lowest BCUT2D eigenvalue weighted by Gasteiger charge is -2.24. The Morgan fingerprint density at radius 1 is 0.410 bits per heavy atom. The van der Waals surface area contributed by atoms with Gasteiger partial charge in [0.05, 0.1) is 27.7 Å². The van der Waals surface area contributed by atoms with Gasteiger partial charge in [-0.05, 0) is 122 Å². The van der Waals surface area contributed by atoms with Gasteiger partial charge >= 0.3 is 19.8 Å². The second-order valence-corrected chi connectivity index (χ2v) is 22.5. The van der Waals surface area contributed by atoms with Crippen LogP contribution in [0.1, 0.15) is 219 Å². The Bertz CT molecular complexity index is 1820. The van der Waals surface area contributed by atoms with Crippen LogP contribution in [0, 0.1) is 0 Å². The summed E-state index contributed by atoms with van der Waals surface area (Å²) in [5, 5.41) is 0. The SMILES string of the molecule is CC/C=C\C/C=C\C/C=C\C/C=C\C/C=C\C/C=C\C/C=C\C/C=C\C/C=C\C/C=C\C/C=C\CCCCCCCC(=O)OC(COC(=O)CCCCCCC/C=C\CCCCCCCC)COP(=O)(O)OCC[N+](C)(C)C. The van der Waals surface area contributed by atoms with Crippen molar-refractivity contribution in [3.63, 3.8) is 0 Å². The Morgan fingerprint density at radius 2 is 0.731 bits per heavy atom. The van der Waals surface area contributed by atoms with Crippen LogP contribution in [0.15, 0.2) is 146 Å². The molecule has 78 heavy (non-hydrogen) atoms. The molecule has 0 heterocycles. The van der Waals surface area contributed by atoms with Crippen LogP contribution in [0.5, 0.6) is 0 Å². The number of phosphoric acid groups is 1. The minimum absolute atomic E-state index is 0.0190. The van der Waals surface area contributed by atoms with E-state index in [0.717, 1.165) is 141 Å². The first-order chi connectivity index (χ1) is 38.0. The number of unbranched alkanes of at least 4 members (excludes halogenated alkanes) is 16. The Balaban J connectivity index is 4.19. The van der Waals surface area contributed by atoms with Crippen LogP contribution in [0.2, 0.25) is 0 Å². The van der Waals surface area contributed by atoms with E-state index >= 15 is 0 Å². The molecule has 0 amide bonds. The van der Waals surface area contributed by atoms with Crippen LogP contribution in [0.3, 0.4) is 0 Å². The second kappa shape index (κ2) is 57.6. The molecule has 0 aromatic heterocycles. The third-order valence-electron chi connectivity index (χ3n) is 12.4. The summed E-state index contributed by atoms with van der Waals surface area (Å²) in [5.41, 5.74) is 0. The molecule has 0 spiro atoms. The highest BCUT2D eigenvalue weighted by molar-refractivity contribution is 7.47. The molecule has 1 N–H and O–H groups in total. The van der Waals surface area contributed by atoms with Gasteiger partial charge in [-0.25, -0.2) is 4.57 Å². The molecule has 0 aliphatic heterocycles. The molecule has 0 aliphatic carbocycles. The molecule has 0 rings (SSSR count). The fourth-order valence-corrected chi connectivity index (χ4v) is 8.40. The summed E-state index contributed by atoms with van der Waals surface area (Å²) >= 11 is 0. The number of nitrogens with zero attached hydrogens (tertiary/aromatic N) is 1. The van der Waals surface area contributed by atoms with Crippen molar-refractivity contribution in [3.05, 3.63) is 146 Å². The second-order valence-electron chi connectivity index (χ2n) is 21.0. The van der Waals surface area contributed by atoms with E-state index < -0.39 is 26.5 Å². The van der Waals surface area contributed by atoms with Gasteiger partial charge in [0.15, 0.2) is 6.10 Å². The molecule has 10 heteroatoms. The summed E-state index contributed by atoms with van der Waals surface area (Å²) in [4.78, 5) is 35.6. The van der Waals surface area contributed by atoms with Crippen LogP contribution in [0.25, 0.3) is 0 Å². The molecule has 442 valence electrons. The van der Waals surface area contributed by atoms with E-state index in [0.29, 0.717) is 17.4 Å². The summed E-state index contributed by atoms with van der Waals surface area (Å²) in [5.74, 6) is -0.839. The molecule has 0 bridgehead atoms. The van der Waals surface area contributed by atoms with Crippen LogP contribution in [0.4, 0.5) is 0 Å². The molecule has 2 atom stereocenters. The first-order valence-electron chi connectivity index (χ1n) is 30.6. The maximum Gasteiger partial charge on any atom is 0.472 e. The standard InChI is InChI=1S/C68H112NO8P/c1-6-8-10-12-14-16-18-20-22-23-24-25-26-27-28-29-30-31-32-33-34-35-36-37-38-39-40-41-42-43-44-45-47-49-51-53-55-57-59-61-68(71)77-66(65-76-78(72,73)75-63-62-69(3,4)5)64-74-67(70)60-58-56-54-52-50-48-46-21-19-17-15-13-11-9-7-2/h8,10,14,16,20-22,24-25,27-28,30-31,33-34,36-37,39-40,42-43,45-47,66H,6-7,9,11-13,15,17-19,23,26,29,32,35,38,41,44,48-65H2,1-5H3/p+1/b10-8-,16-14-,22-20-,25-24-,28-27-,31-30-,34-33-,37-36-,40-39-,43-42-,46-21-,47-45-. The summed E-state index contributed by atoms with van der Waals surface area (Å²) in [6, 6.07) is 0. The topological polar surface area (TPSA) is 108 Å². The maximum absolute atomic E-state index is 12.8. The van der Waals surface area contributed by atoms with Crippen LogP contribution < -0.4 is 0 Å². The van der Waals surface area contributed by atoms with Crippen molar-refractivity contribution in [2.24, 2.45) is 0 Å². The monoisotopic (exact) mass is 1100 g/mol. The molecular weight excluding hydrogens is 990 g/mol. The predicted octanol–water partition coefficient (Wildman–Crippen LogP) is 19.5. The number of carbonyl (C=O) groups is 2. The number of phosphoric ester groups is 1. The number of allylic oxidation sites excluding steroid dienone is 24. The highest BCUT2D eigenvalue weighted by Gasteiger charge is 2.27. The van der Waals surface area contributed by atoms with E-state index in [1.54, 1.807) is 0 Å². The summed E-state index contributed by atoms with van der Waals surface area (Å²) in [6.07, 6.45) is 85.0. The van der Waals surface area contributed by atoms with Crippen molar-refractivity contribution in [1.82, 2.24) is 0 Å². The molecule has 0 saturated carbocycles. The zero-order valence-electron chi connectivity index (χ0n) is 50.1. The van der Waals surface area contributed by atoms with E-state index in [1.165, 1.54) is 44.9 Å². The molecule has 9 nitrogen and oxygen atoms in total. The third-order valence-corrected chi connectivity index (χ3v) is 13.3. The average molecular weight is 1100 g/mol. The van der Waals surface area contributed by atoms with Crippen molar-refractivity contribution >= 4 is 19.8 Å². The minimum Gasteiger partial charge on any atom is -0.462 e. The number of quaternary nitrogens is 1. The van der Waals surface area contributed by atoms with E-state index in [-0.39, 0.29) is 32.0 Å². The van der Waals surface area contributed by atoms with Crippen molar-refractivity contribution in [3.8, 4) is 0 Å². The highest BCUT2D eigenvalue weighted by atomic mass is 31.2. The third kappa shape index (κ3) is 61.1. The Labute approximate surface area is 478 Å². The van der Waals surface area contributed by atoms with Crippen molar-refractivity contribution in [2.45, 2.75) is 225 Å². The average Bonchev–Trinajstić information content (AvgIpc) is 3.41. The number of esters is 2. The van der Waals surface area contributed by atoms with E-state index in [9.17, 15) is 19.0 Å². The lowest BCUT2D eigenvalue weighted by Crippen LogP contribution is -2.37. The molecule has 0 fully saturated rings. The van der Waals surface area contributed by atoms with Gasteiger partial charge in [-0.15, -0.1) is 0 Å². The highest BCUT2D eigenvalue weighted by Crippen LogP contribution is 2.43. The fourth-order valence-electron chi connectivity index (χ4n) is 7.66. The molecule has 0 radical (unpaired) electrons. The Morgan fingerprint density at radius 3 is 1.10 bits per heavy atom. The van der Waals surface area contributed by atoms with Gasteiger partial charge in [-0.2, -0.15) is 0 Å². The van der Waals surface area contributed by atoms with E-state index in [1.807, 2.05) is 21.1 Å². The normalized spacial score (nSPS) is 14.3. The smallest absolute Gasteiger partial charge is 0.462 e. The van der Waals surface area contributed by atoms with Crippen LogP contribution >= 0.6 is 7.82 Å². The van der Waals surface area contributed by atoms with E-state index in [4.69, 9.17) is 18.5 Å². The van der Waals surface area contributed by atoms with Gasteiger partial charge in [-0.3, -0.25) is 18.6 Å². The lowest BCUT2D eigenvalue weighted by molar-refractivity contribution is -0.870. The van der Waals surface area contributed by atoms with Crippen LogP contribution in [-0.4, -0.2) is 74.9 Å². The number of carbonyl (C=O) groups excluding carboxylic acids is 2. The van der Waals surface area contributed by atoms with Crippen molar-refractivity contribution in [1.29, 1.82) is 0 Å².